The molecular weight excluding hydrogens is 337 g/mol. The Hall–Kier alpha value is -2.35. The van der Waals surface area contributed by atoms with Gasteiger partial charge in [0.15, 0.2) is 5.13 Å². The molecule has 0 spiro atoms. The van der Waals surface area contributed by atoms with E-state index >= 15 is 0 Å². The lowest BCUT2D eigenvalue weighted by molar-refractivity contribution is -0.105. The molecule has 0 bridgehead atoms. The zero-order valence-corrected chi connectivity index (χ0v) is 15.6. The highest BCUT2D eigenvalue weighted by atomic mass is 32.1. The molecule has 132 valence electrons. The molecular formula is C17H22BN3O3S. The number of anilines is 1. The molecule has 0 saturated carbocycles. The highest BCUT2D eigenvalue weighted by Gasteiger charge is 2.14. The van der Waals surface area contributed by atoms with Crippen molar-refractivity contribution in [2.24, 2.45) is 0 Å². The van der Waals surface area contributed by atoms with E-state index in [1.807, 2.05) is 57.3 Å². The molecule has 0 atom stereocenters. The van der Waals surface area contributed by atoms with Crippen LogP contribution >= 0.6 is 11.3 Å². The Bertz CT molecular complexity index is 698. The third-order valence-electron chi connectivity index (χ3n) is 2.59. The Labute approximate surface area is 153 Å². The Morgan fingerprint density at radius 1 is 1.40 bits per heavy atom. The molecule has 1 heterocycles. The van der Waals surface area contributed by atoms with E-state index in [1.165, 1.54) is 11.3 Å². The molecule has 0 saturated heterocycles. The second kappa shape index (κ2) is 9.83. The summed E-state index contributed by atoms with van der Waals surface area (Å²) in [4.78, 5) is 25.2. The third kappa shape index (κ3) is 8.35. The van der Waals surface area contributed by atoms with Gasteiger partial charge in [0.1, 0.15) is 13.4 Å². The highest BCUT2D eigenvalue weighted by Crippen LogP contribution is 2.23. The lowest BCUT2D eigenvalue weighted by Gasteiger charge is -2.19. The minimum atomic E-state index is -0.390. The van der Waals surface area contributed by atoms with Gasteiger partial charge in [-0.05, 0) is 27.7 Å². The number of carbonyl (C=O) groups excluding carboxylic acids is 2. The van der Waals surface area contributed by atoms with E-state index in [0.717, 1.165) is 11.3 Å². The Morgan fingerprint density at radius 2 is 2.12 bits per heavy atom. The quantitative estimate of drug-likeness (QED) is 0.650. The molecule has 2 rings (SSSR count). The van der Waals surface area contributed by atoms with Crippen molar-refractivity contribution < 1.29 is 14.3 Å². The van der Waals surface area contributed by atoms with Crippen molar-refractivity contribution in [3.8, 4) is 11.3 Å². The van der Waals surface area contributed by atoms with Gasteiger partial charge in [-0.1, -0.05) is 29.7 Å². The Morgan fingerprint density at radius 3 is 2.68 bits per heavy atom. The summed E-state index contributed by atoms with van der Waals surface area (Å²) < 4.78 is 4.93. The number of thiazole rings is 1. The second-order valence-electron chi connectivity index (χ2n) is 5.96. The number of nitrogens with zero attached hydrogens (tertiary/aromatic N) is 1. The molecule has 2 radical (unpaired) electrons. The average Bonchev–Trinajstić information content (AvgIpc) is 2.95. The lowest BCUT2D eigenvalue weighted by Crippen LogP contribution is -2.32. The van der Waals surface area contributed by atoms with Crippen molar-refractivity contribution in [2.45, 2.75) is 33.3 Å². The topological polar surface area (TPSA) is 80.3 Å². The number of benzene rings is 1. The van der Waals surface area contributed by atoms with Crippen LogP contribution < -0.4 is 16.1 Å². The van der Waals surface area contributed by atoms with Gasteiger partial charge < -0.3 is 15.4 Å². The molecule has 2 amide bonds. The van der Waals surface area contributed by atoms with Crippen molar-refractivity contribution in [2.75, 3.05) is 11.9 Å². The fourth-order valence-corrected chi connectivity index (χ4v) is 2.36. The van der Waals surface area contributed by atoms with Crippen molar-refractivity contribution in [3.05, 3.63) is 29.6 Å². The standard InChI is InChI=1S/C10H7BN2OS.C7H15NO2/c11-8-3-1-2-7(4-8)9-5-15-10(13-9)12-6-14;1-5-8-6(9)10-7(2,3)4/h1-6H,(H,12,13,14);5H2,1-4H3,(H,8,9). The summed E-state index contributed by atoms with van der Waals surface area (Å²) in [6.45, 7) is 7.96. The van der Waals surface area contributed by atoms with Gasteiger partial charge in [-0.2, -0.15) is 0 Å². The van der Waals surface area contributed by atoms with Crippen LogP contribution in [0.15, 0.2) is 29.6 Å². The number of aromatic nitrogens is 1. The first-order valence-electron chi connectivity index (χ1n) is 7.73. The van der Waals surface area contributed by atoms with Crippen LogP contribution in [0.4, 0.5) is 9.93 Å². The Balaban J connectivity index is 0.000000275. The van der Waals surface area contributed by atoms with Crippen LogP contribution in [0.5, 0.6) is 0 Å². The fraction of sp³-hybridized carbons (Fsp3) is 0.353. The lowest BCUT2D eigenvalue weighted by atomic mass is 9.94. The molecule has 2 N–H and O–H groups in total. The van der Waals surface area contributed by atoms with Crippen molar-refractivity contribution >= 4 is 42.3 Å². The minimum Gasteiger partial charge on any atom is -0.444 e. The molecule has 1 aromatic heterocycles. The van der Waals surface area contributed by atoms with Crippen LogP contribution in [0.2, 0.25) is 0 Å². The number of hydrogen-bond donors (Lipinski definition) is 2. The van der Waals surface area contributed by atoms with E-state index in [4.69, 9.17) is 12.6 Å². The zero-order valence-electron chi connectivity index (χ0n) is 14.8. The first-order chi connectivity index (χ1) is 11.7. The van der Waals surface area contributed by atoms with E-state index in [0.29, 0.717) is 23.5 Å². The predicted octanol–water partition coefficient (Wildman–Crippen LogP) is 2.70. The summed E-state index contributed by atoms with van der Waals surface area (Å²) in [6.07, 6.45) is 0.261. The molecule has 25 heavy (non-hydrogen) atoms. The molecule has 0 unspecified atom stereocenters. The molecule has 1 aromatic carbocycles. The SMILES string of the molecule is CCNC(=O)OC(C)(C)C.[B]c1cccc(-c2csc(NC=O)n2)c1. The van der Waals surface area contributed by atoms with Crippen LogP contribution in [-0.2, 0) is 9.53 Å². The summed E-state index contributed by atoms with van der Waals surface area (Å²) in [5, 5.41) is 7.51. The largest absolute Gasteiger partial charge is 0.444 e. The summed E-state index contributed by atoms with van der Waals surface area (Å²) in [7, 11) is 5.67. The van der Waals surface area contributed by atoms with Gasteiger partial charge in [-0.15, -0.1) is 11.3 Å². The van der Waals surface area contributed by atoms with Crippen LogP contribution in [0, 0.1) is 0 Å². The van der Waals surface area contributed by atoms with Gasteiger partial charge in [0.2, 0.25) is 6.41 Å². The number of ether oxygens (including phenoxy) is 1. The first kappa shape index (κ1) is 20.7. The fourth-order valence-electron chi connectivity index (χ4n) is 1.68. The molecule has 0 aliphatic rings. The van der Waals surface area contributed by atoms with E-state index in [9.17, 15) is 9.59 Å². The normalized spacial score (nSPS) is 10.2. The zero-order chi connectivity index (χ0) is 18.9. The minimum absolute atomic E-state index is 0.352. The molecule has 6 nitrogen and oxygen atoms in total. The van der Waals surface area contributed by atoms with Crippen molar-refractivity contribution in [1.29, 1.82) is 0 Å². The van der Waals surface area contributed by atoms with Crippen molar-refractivity contribution in [1.82, 2.24) is 10.3 Å². The smallest absolute Gasteiger partial charge is 0.407 e. The van der Waals surface area contributed by atoms with E-state index in [-0.39, 0.29) is 11.7 Å². The molecule has 0 fully saturated rings. The maximum absolute atomic E-state index is 10.7. The van der Waals surface area contributed by atoms with E-state index in [2.05, 4.69) is 15.6 Å². The molecule has 0 aliphatic heterocycles. The number of alkyl carbamates (subject to hydrolysis) is 1. The van der Waals surface area contributed by atoms with Gasteiger partial charge in [0.25, 0.3) is 0 Å². The summed E-state index contributed by atoms with van der Waals surface area (Å²) in [5.41, 5.74) is 2.08. The highest BCUT2D eigenvalue weighted by molar-refractivity contribution is 7.14. The van der Waals surface area contributed by atoms with Crippen LogP contribution in [-0.4, -0.2) is 37.5 Å². The molecule has 2 aromatic rings. The monoisotopic (exact) mass is 359 g/mol. The second-order valence-corrected chi connectivity index (χ2v) is 6.82. The summed E-state index contributed by atoms with van der Waals surface area (Å²) in [5.74, 6) is 0. The van der Waals surface area contributed by atoms with E-state index in [1.54, 1.807) is 0 Å². The first-order valence-corrected chi connectivity index (χ1v) is 8.61. The number of nitrogens with one attached hydrogen (secondary N) is 2. The summed E-state index contributed by atoms with van der Waals surface area (Å²) in [6, 6.07) is 7.47. The summed E-state index contributed by atoms with van der Waals surface area (Å²) >= 11 is 1.38. The van der Waals surface area contributed by atoms with Gasteiger partial charge in [0, 0.05) is 17.5 Å². The van der Waals surface area contributed by atoms with Gasteiger partial charge >= 0.3 is 6.09 Å². The third-order valence-corrected chi connectivity index (χ3v) is 3.36. The number of hydrogen-bond acceptors (Lipinski definition) is 5. The number of carbonyl (C=O) groups is 2. The maximum Gasteiger partial charge on any atom is 0.407 e. The van der Waals surface area contributed by atoms with Gasteiger partial charge in [-0.3, -0.25) is 4.79 Å². The predicted molar refractivity (Wildman–Crippen MR) is 103 cm³/mol. The molecule has 0 aliphatic carbocycles. The van der Waals surface area contributed by atoms with E-state index < -0.39 is 0 Å². The number of rotatable bonds is 4. The van der Waals surface area contributed by atoms with Crippen LogP contribution in [0.3, 0.4) is 0 Å². The van der Waals surface area contributed by atoms with Gasteiger partial charge in [-0.25, -0.2) is 9.78 Å². The van der Waals surface area contributed by atoms with Crippen LogP contribution in [0.25, 0.3) is 11.3 Å². The van der Waals surface area contributed by atoms with Gasteiger partial charge in [0.05, 0.1) is 5.69 Å². The number of amides is 2. The Kier molecular flexibility index (Phi) is 8.14. The average molecular weight is 359 g/mol. The maximum atomic E-state index is 10.7. The molecule has 8 heteroatoms. The van der Waals surface area contributed by atoms with Crippen LogP contribution in [0.1, 0.15) is 27.7 Å². The van der Waals surface area contributed by atoms with Crippen molar-refractivity contribution in [3.63, 3.8) is 0 Å².